The van der Waals surface area contributed by atoms with Crippen LogP contribution in [0.3, 0.4) is 0 Å². The SMILES string of the molecule is Cc1cccc(CN(C)C(C)(CN)C2CCOC2)n1. The fourth-order valence-electron chi connectivity index (χ4n) is 2.77. The van der Waals surface area contributed by atoms with E-state index in [1.165, 1.54) is 0 Å². The number of likely N-dealkylation sites (N-methyl/N-ethyl adjacent to an activating group) is 1. The summed E-state index contributed by atoms with van der Waals surface area (Å²) in [6.07, 6.45) is 1.10. The van der Waals surface area contributed by atoms with Gasteiger partial charge in [0.1, 0.15) is 0 Å². The molecule has 1 saturated heterocycles. The smallest absolute Gasteiger partial charge is 0.0547 e. The lowest BCUT2D eigenvalue weighted by molar-refractivity contribution is 0.0600. The Bertz CT molecular complexity index is 418. The molecule has 4 nitrogen and oxygen atoms in total. The largest absolute Gasteiger partial charge is 0.381 e. The average molecular weight is 263 g/mol. The zero-order chi connectivity index (χ0) is 13.9. The first-order valence-electron chi connectivity index (χ1n) is 6.98. The van der Waals surface area contributed by atoms with E-state index in [1.807, 2.05) is 13.0 Å². The molecule has 0 aliphatic carbocycles. The number of ether oxygens (including phenoxy) is 1. The van der Waals surface area contributed by atoms with Crippen LogP contribution in [0.4, 0.5) is 0 Å². The summed E-state index contributed by atoms with van der Waals surface area (Å²) in [5.41, 5.74) is 8.19. The van der Waals surface area contributed by atoms with Crippen molar-refractivity contribution in [3.8, 4) is 0 Å². The van der Waals surface area contributed by atoms with Crippen molar-refractivity contribution in [1.29, 1.82) is 0 Å². The molecule has 0 spiro atoms. The minimum Gasteiger partial charge on any atom is -0.381 e. The number of hydrogen-bond acceptors (Lipinski definition) is 4. The van der Waals surface area contributed by atoms with Gasteiger partial charge in [0.05, 0.1) is 12.3 Å². The van der Waals surface area contributed by atoms with Crippen LogP contribution in [0.2, 0.25) is 0 Å². The molecular formula is C15H25N3O. The number of pyridine rings is 1. The van der Waals surface area contributed by atoms with E-state index in [0.29, 0.717) is 12.5 Å². The van der Waals surface area contributed by atoms with Crippen LogP contribution < -0.4 is 5.73 Å². The van der Waals surface area contributed by atoms with Gasteiger partial charge in [0.15, 0.2) is 0 Å². The standard InChI is InChI=1S/C15H25N3O/c1-12-5-4-6-14(17-12)9-18(3)15(2,11-16)13-7-8-19-10-13/h4-6,13H,7-11,16H2,1-3H3. The minimum atomic E-state index is -0.0259. The highest BCUT2D eigenvalue weighted by Crippen LogP contribution is 2.30. The Morgan fingerprint density at radius 2 is 2.32 bits per heavy atom. The van der Waals surface area contributed by atoms with Gasteiger partial charge in [-0.15, -0.1) is 0 Å². The molecule has 106 valence electrons. The summed E-state index contributed by atoms with van der Waals surface area (Å²) in [6, 6.07) is 6.16. The van der Waals surface area contributed by atoms with E-state index in [1.54, 1.807) is 0 Å². The highest BCUT2D eigenvalue weighted by Gasteiger charge is 2.38. The molecule has 0 saturated carbocycles. The fraction of sp³-hybridized carbons (Fsp3) is 0.667. The Morgan fingerprint density at radius 3 is 2.89 bits per heavy atom. The maximum atomic E-state index is 6.05. The molecule has 19 heavy (non-hydrogen) atoms. The van der Waals surface area contributed by atoms with Crippen molar-refractivity contribution in [3.05, 3.63) is 29.6 Å². The summed E-state index contributed by atoms with van der Waals surface area (Å²) in [5.74, 6) is 0.507. The third-order valence-corrected chi connectivity index (χ3v) is 4.44. The van der Waals surface area contributed by atoms with Gasteiger partial charge in [-0.05, 0) is 39.4 Å². The summed E-state index contributed by atoms with van der Waals surface area (Å²) in [6.45, 7) is 7.41. The molecule has 1 fully saturated rings. The first-order valence-corrected chi connectivity index (χ1v) is 6.98. The second-order valence-corrected chi connectivity index (χ2v) is 5.75. The first-order chi connectivity index (χ1) is 9.06. The van der Waals surface area contributed by atoms with E-state index in [2.05, 4.69) is 36.0 Å². The number of nitrogens with two attached hydrogens (primary N) is 1. The van der Waals surface area contributed by atoms with Crippen molar-refractivity contribution in [2.75, 3.05) is 26.8 Å². The van der Waals surface area contributed by atoms with Gasteiger partial charge in [0, 0.05) is 36.8 Å². The van der Waals surface area contributed by atoms with Crippen molar-refractivity contribution >= 4 is 0 Å². The van der Waals surface area contributed by atoms with Crippen LogP contribution in [0, 0.1) is 12.8 Å². The van der Waals surface area contributed by atoms with Crippen LogP contribution in [-0.4, -0.2) is 42.2 Å². The van der Waals surface area contributed by atoms with Crippen LogP contribution in [0.15, 0.2) is 18.2 Å². The van der Waals surface area contributed by atoms with E-state index in [-0.39, 0.29) is 5.54 Å². The molecule has 1 aliphatic rings. The molecule has 0 radical (unpaired) electrons. The van der Waals surface area contributed by atoms with Crippen molar-refractivity contribution in [2.24, 2.45) is 11.7 Å². The summed E-state index contributed by atoms with van der Waals surface area (Å²) < 4.78 is 5.53. The molecule has 2 atom stereocenters. The Balaban J connectivity index is 2.09. The van der Waals surface area contributed by atoms with Gasteiger partial charge in [-0.2, -0.15) is 0 Å². The molecule has 2 N–H and O–H groups in total. The predicted octanol–water partition coefficient (Wildman–Crippen LogP) is 1.58. The van der Waals surface area contributed by atoms with Crippen LogP contribution in [0.25, 0.3) is 0 Å². The zero-order valence-corrected chi connectivity index (χ0v) is 12.2. The minimum absolute atomic E-state index is 0.0259. The van der Waals surface area contributed by atoms with Crippen molar-refractivity contribution in [2.45, 2.75) is 32.4 Å². The van der Waals surface area contributed by atoms with Gasteiger partial charge < -0.3 is 10.5 Å². The number of nitrogens with zero attached hydrogens (tertiary/aromatic N) is 2. The highest BCUT2D eigenvalue weighted by molar-refractivity contribution is 5.10. The molecule has 0 amide bonds. The molecule has 4 heteroatoms. The molecule has 0 aromatic carbocycles. The maximum Gasteiger partial charge on any atom is 0.0547 e. The van der Waals surface area contributed by atoms with E-state index in [0.717, 1.165) is 37.6 Å². The van der Waals surface area contributed by atoms with Crippen molar-refractivity contribution in [3.63, 3.8) is 0 Å². The van der Waals surface area contributed by atoms with Gasteiger partial charge in [-0.1, -0.05) is 6.07 Å². The van der Waals surface area contributed by atoms with Crippen LogP contribution in [-0.2, 0) is 11.3 Å². The van der Waals surface area contributed by atoms with Crippen LogP contribution in [0.5, 0.6) is 0 Å². The summed E-state index contributed by atoms with van der Waals surface area (Å²) >= 11 is 0. The predicted molar refractivity (Wildman–Crippen MR) is 76.8 cm³/mol. The van der Waals surface area contributed by atoms with Gasteiger partial charge in [-0.3, -0.25) is 9.88 Å². The zero-order valence-electron chi connectivity index (χ0n) is 12.2. The van der Waals surface area contributed by atoms with E-state index >= 15 is 0 Å². The van der Waals surface area contributed by atoms with Crippen molar-refractivity contribution < 1.29 is 4.74 Å². The average Bonchev–Trinajstić information content (AvgIpc) is 2.92. The summed E-state index contributed by atoms with van der Waals surface area (Å²) in [7, 11) is 2.13. The lowest BCUT2D eigenvalue weighted by atomic mass is 9.83. The Labute approximate surface area is 116 Å². The van der Waals surface area contributed by atoms with Gasteiger partial charge >= 0.3 is 0 Å². The second kappa shape index (κ2) is 5.99. The molecule has 1 aromatic heterocycles. The van der Waals surface area contributed by atoms with Crippen molar-refractivity contribution in [1.82, 2.24) is 9.88 Å². The van der Waals surface area contributed by atoms with Gasteiger partial charge in [0.25, 0.3) is 0 Å². The highest BCUT2D eigenvalue weighted by atomic mass is 16.5. The number of aromatic nitrogens is 1. The molecule has 2 rings (SSSR count). The van der Waals surface area contributed by atoms with E-state index in [9.17, 15) is 0 Å². The number of hydrogen-bond donors (Lipinski definition) is 1. The third-order valence-electron chi connectivity index (χ3n) is 4.44. The fourth-order valence-corrected chi connectivity index (χ4v) is 2.77. The molecular weight excluding hydrogens is 238 g/mol. The monoisotopic (exact) mass is 263 g/mol. The summed E-state index contributed by atoms with van der Waals surface area (Å²) in [4.78, 5) is 6.90. The van der Waals surface area contributed by atoms with Crippen LogP contribution in [0.1, 0.15) is 24.7 Å². The molecule has 0 bridgehead atoms. The van der Waals surface area contributed by atoms with Gasteiger partial charge in [-0.25, -0.2) is 0 Å². The quantitative estimate of drug-likeness (QED) is 0.876. The number of rotatable bonds is 5. The first kappa shape index (κ1) is 14.4. The summed E-state index contributed by atoms with van der Waals surface area (Å²) in [5, 5.41) is 0. The van der Waals surface area contributed by atoms with E-state index in [4.69, 9.17) is 10.5 Å². The molecule has 2 heterocycles. The lowest BCUT2D eigenvalue weighted by Gasteiger charge is -2.42. The number of aryl methyl sites for hydroxylation is 1. The second-order valence-electron chi connectivity index (χ2n) is 5.75. The lowest BCUT2D eigenvalue weighted by Crippen LogP contribution is -2.55. The van der Waals surface area contributed by atoms with Gasteiger partial charge in [0.2, 0.25) is 0 Å². The molecule has 1 aliphatic heterocycles. The third kappa shape index (κ3) is 3.14. The van der Waals surface area contributed by atoms with E-state index < -0.39 is 0 Å². The Morgan fingerprint density at radius 1 is 1.53 bits per heavy atom. The topological polar surface area (TPSA) is 51.4 Å². The maximum absolute atomic E-state index is 6.05. The van der Waals surface area contributed by atoms with Crippen LogP contribution >= 0.6 is 0 Å². The molecule has 1 aromatic rings. The normalized spacial score (nSPS) is 22.7. The molecule has 2 unspecified atom stereocenters. The Hall–Kier alpha value is -0.970. The Kier molecular flexibility index (Phi) is 4.55.